The van der Waals surface area contributed by atoms with Crippen LogP contribution in [0.25, 0.3) is 11.4 Å². The summed E-state index contributed by atoms with van der Waals surface area (Å²) in [5.41, 5.74) is 0.857. The molecule has 1 aromatic heterocycles. The minimum absolute atomic E-state index is 0.268. The predicted octanol–water partition coefficient (Wildman–Crippen LogP) is 4.76. The first-order chi connectivity index (χ1) is 9.87. The fraction of sp³-hybridized carbons (Fsp3) is 0.400. The third kappa shape index (κ3) is 4.76. The Balaban J connectivity index is 2.05. The molecule has 1 heterocycles. The molecule has 0 radical (unpaired) electrons. The highest BCUT2D eigenvalue weighted by molar-refractivity contribution is 9.10. The van der Waals surface area contributed by atoms with Crippen molar-refractivity contribution < 1.29 is 9.13 Å². The Labute approximate surface area is 134 Å². The molecule has 0 saturated heterocycles. The summed E-state index contributed by atoms with van der Waals surface area (Å²) in [6.45, 7) is 8.21. The van der Waals surface area contributed by atoms with Gasteiger partial charge in [-0.05, 0) is 40.2 Å². The van der Waals surface area contributed by atoms with Crippen LogP contribution in [0.2, 0.25) is 25.7 Å². The Morgan fingerprint density at radius 2 is 2.10 bits per heavy atom. The molecule has 2 rings (SSSR count). The van der Waals surface area contributed by atoms with Crippen molar-refractivity contribution in [3.05, 3.63) is 40.9 Å². The van der Waals surface area contributed by atoms with Crippen molar-refractivity contribution in [1.82, 2.24) is 9.55 Å². The zero-order chi connectivity index (χ0) is 15.5. The van der Waals surface area contributed by atoms with Crippen molar-refractivity contribution in [2.24, 2.45) is 0 Å². The molecule has 6 heteroatoms. The van der Waals surface area contributed by atoms with Gasteiger partial charge in [0, 0.05) is 37.1 Å². The summed E-state index contributed by atoms with van der Waals surface area (Å²) in [4.78, 5) is 4.34. The van der Waals surface area contributed by atoms with Crippen molar-refractivity contribution >= 4 is 24.0 Å². The van der Waals surface area contributed by atoms with E-state index < -0.39 is 8.07 Å². The number of ether oxygens (including phenoxy) is 1. The van der Waals surface area contributed by atoms with Crippen molar-refractivity contribution in [1.29, 1.82) is 0 Å². The van der Waals surface area contributed by atoms with Crippen LogP contribution in [0.5, 0.6) is 0 Å². The summed E-state index contributed by atoms with van der Waals surface area (Å²) in [5, 5.41) is 0. The Morgan fingerprint density at radius 3 is 2.76 bits per heavy atom. The minimum atomic E-state index is -1.07. The van der Waals surface area contributed by atoms with Crippen molar-refractivity contribution in [2.45, 2.75) is 32.4 Å². The molecule has 0 bridgehead atoms. The van der Waals surface area contributed by atoms with E-state index in [0.29, 0.717) is 11.2 Å². The van der Waals surface area contributed by atoms with Crippen LogP contribution < -0.4 is 0 Å². The molecular formula is C15H20BrFN2OSi. The number of hydrogen-bond acceptors (Lipinski definition) is 2. The van der Waals surface area contributed by atoms with Gasteiger partial charge in [-0.25, -0.2) is 9.37 Å². The van der Waals surface area contributed by atoms with E-state index in [1.165, 1.54) is 12.1 Å². The SMILES string of the molecule is C[Si](C)(C)CCOCn1ccnc1-c1ccc(F)cc1Br. The number of hydrogen-bond donors (Lipinski definition) is 0. The maximum atomic E-state index is 13.2. The van der Waals surface area contributed by atoms with Gasteiger partial charge in [-0.3, -0.25) is 0 Å². The lowest BCUT2D eigenvalue weighted by Crippen LogP contribution is -2.22. The molecule has 0 aliphatic heterocycles. The lowest BCUT2D eigenvalue weighted by molar-refractivity contribution is 0.0883. The zero-order valence-corrected chi connectivity index (χ0v) is 15.2. The van der Waals surface area contributed by atoms with E-state index in [1.807, 2.05) is 10.8 Å². The number of nitrogens with zero attached hydrogens (tertiary/aromatic N) is 2. The maximum absolute atomic E-state index is 13.2. The van der Waals surface area contributed by atoms with Gasteiger partial charge in [0.05, 0.1) is 0 Å². The van der Waals surface area contributed by atoms with Crippen LogP contribution in [-0.4, -0.2) is 24.2 Å². The van der Waals surface area contributed by atoms with Gasteiger partial charge in [0.1, 0.15) is 18.4 Å². The third-order valence-electron chi connectivity index (χ3n) is 3.11. The average Bonchev–Trinajstić information content (AvgIpc) is 2.82. The fourth-order valence-corrected chi connectivity index (χ4v) is 3.15. The van der Waals surface area contributed by atoms with Crippen LogP contribution in [0.4, 0.5) is 4.39 Å². The highest BCUT2D eigenvalue weighted by atomic mass is 79.9. The van der Waals surface area contributed by atoms with Gasteiger partial charge in [0.2, 0.25) is 0 Å². The van der Waals surface area contributed by atoms with E-state index in [4.69, 9.17) is 4.74 Å². The van der Waals surface area contributed by atoms with Crippen LogP contribution in [-0.2, 0) is 11.5 Å². The molecule has 1 aromatic carbocycles. The second-order valence-corrected chi connectivity index (χ2v) is 12.7. The fourth-order valence-electron chi connectivity index (χ4n) is 1.87. The molecule has 21 heavy (non-hydrogen) atoms. The minimum Gasteiger partial charge on any atom is -0.361 e. The molecule has 0 atom stereocenters. The van der Waals surface area contributed by atoms with E-state index in [-0.39, 0.29) is 5.82 Å². The quantitative estimate of drug-likeness (QED) is 0.541. The van der Waals surface area contributed by atoms with Crippen LogP contribution in [0.1, 0.15) is 0 Å². The summed E-state index contributed by atoms with van der Waals surface area (Å²) in [7, 11) is -1.07. The second kappa shape index (κ2) is 6.85. The average molecular weight is 371 g/mol. The second-order valence-electron chi connectivity index (χ2n) is 6.19. The Kier molecular flexibility index (Phi) is 5.35. The van der Waals surface area contributed by atoms with E-state index in [0.717, 1.165) is 24.0 Å². The predicted molar refractivity (Wildman–Crippen MR) is 89.4 cm³/mol. The summed E-state index contributed by atoms with van der Waals surface area (Å²) in [5.74, 6) is 0.505. The van der Waals surface area contributed by atoms with Gasteiger partial charge in [-0.2, -0.15) is 0 Å². The molecule has 0 amide bonds. The van der Waals surface area contributed by atoms with Gasteiger partial charge >= 0.3 is 0 Å². The molecule has 0 spiro atoms. The van der Waals surface area contributed by atoms with Crippen molar-refractivity contribution in [2.75, 3.05) is 6.61 Å². The molecule has 0 fully saturated rings. The van der Waals surface area contributed by atoms with E-state index >= 15 is 0 Å². The van der Waals surface area contributed by atoms with Gasteiger partial charge in [-0.15, -0.1) is 0 Å². The summed E-state index contributed by atoms with van der Waals surface area (Å²) >= 11 is 3.38. The molecule has 0 saturated carbocycles. The Bertz CT molecular complexity index is 610. The van der Waals surface area contributed by atoms with E-state index in [1.54, 1.807) is 12.3 Å². The van der Waals surface area contributed by atoms with Crippen molar-refractivity contribution in [3.63, 3.8) is 0 Å². The summed E-state index contributed by atoms with van der Waals surface area (Å²) in [6, 6.07) is 5.74. The molecular weight excluding hydrogens is 351 g/mol. The third-order valence-corrected chi connectivity index (χ3v) is 5.47. The Morgan fingerprint density at radius 1 is 1.33 bits per heavy atom. The lowest BCUT2D eigenvalue weighted by Gasteiger charge is -2.16. The van der Waals surface area contributed by atoms with Gasteiger partial charge in [0.15, 0.2) is 0 Å². The first-order valence-electron chi connectivity index (χ1n) is 6.91. The topological polar surface area (TPSA) is 27.1 Å². The smallest absolute Gasteiger partial charge is 0.142 e. The number of imidazole rings is 1. The molecule has 3 nitrogen and oxygen atoms in total. The maximum Gasteiger partial charge on any atom is 0.142 e. The van der Waals surface area contributed by atoms with Crippen LogP contribution in [0, 0.1) is 5.82 Å². The molecule has 2 aromatic rings. The number of halogens is 2. The number of aromatic nitrogens is 2. The molecule has 114 valence electrons. The van der Waals surface area contributed by atoms with Crippen LogP contribution in [0.3, 0.4) is 0 Å². The molecule has 0 N–H and O–H groups in total. The Hall–Kier alpha value is -0.983. The van der Waals surface area contributed by atoms with E-state index in [9.17, 15) is 4.39 Å². The lowest BCUT2D eigenvalue weighted by atomic mass is 10.2. The van der Waals surface area contributed by atoms with Crippen molar-refractivity contribution in [3.8, 4) is 11.4 Å². The highest BCUT2D eigenvalue weighted by Crippen LogP contribution is 2.27. The molecule has 0 unspecified atom stereocenters. The van der Waals surface area contributed by atoms with Gasteiger partial charge < -0.3 is 9.30 Å². The largest absolute Gasteiger partial charge is 0.361 e. The zero-order valence-electron chi connectivity index (χ0n) is 12.6. The van der Waals surface area contributed by atoms with Gasteiger partial charge in [-0.1, -0.05) is 19.6 Å². The van der Waals surface area contributed by atoms with Crippen LogP contribution in [0.15, 0.2) is 35.1 Å². The standard InChI is InChI=1S/C15H20BrFN2OSi/c1-21(2,3)9-8-20-11-19-7-6-18-15(19)13-5-4-12(17)10-14(13)16/h4-7,10H,8-9,11H2,1-3H3. The number of benzene rings is 1. The van der Waals surface area contributed by atoms with Crippen LogP contribution >= 0.6 is 15.9 Å². The summed E-state index contributed by atoms with van der Waals surface area (Å²) < 4.78 is 21.5. The summed E-state index contributed by atoms with van der Waals surface area (Å²) in [6.07, 6.45) is 3.60. The van der Waals surface area contributed by atoms with Gasteiger partial charge in [0.25, 0.3) is 0 Å². The first-order valence-corrected chi connectivity index (χ1v) is 11.4. The highest BCUT2D eigenvalue weighted by Gasteiger charge is 2.13. The monoisotopic (exact) mass is 370 g/mol. The normalized spacial score (nSPS) is 11.9. The molecule has 0 aliphatic rings. The molecule has 0 aliphatic carbocycles. The number of rotatable bonds is 6. The van der Waals surface area contributed by atoms with E-state index in [2.05, 4.69) is 40.6 Å². The first kappa shape index (κ1) is 16.4.